The summed E-state index contributed by atoms with van der Waals surface area (Å²) in [5.74, 6) is 2.27. The predicted octanol–water partition coefficient (Wildman–Crippen LogP) is 7.38. The summed E-state index contributed by atoms with van der Waals surface area (Å²) >= 11 is 0. The molecule has 2 saturated carbocycles. The number of nitrogens with one attached hydrogen (secondary N) is 1. The Labute approximate surface area is 435 Å². The number of halogens is 2. The molecule has 5 aromatic rings. The smallest absolute Gasteiger partial charge is 0.328 e. The molecule has 0 unspecified atom stereocenters. The van der Waals surface area contributed by atoms with Crippen LogP contribution in [0.4, 0.5) is 30.8 Å². The number of β-amino-alcohol motifs (C(OH)–C–C–N with tert-alkyl or cyclic N) is 1. The van der Waals surface area contributed by atoms with Gasteiger partial charge in [0.25, 0.3) is 5.91 Å². The van der Waals surface area contributed by atoms with Crippen LogP contribution < -0.4 is 30.3 Å². The van der Waals surface area contributed by atoms with Gasteiger partial charge < -0.3 is 39.9 Å². The lowest BCUT2D eigenvalue weighted by Crippen LogP contribution is -2.50. The van der Waals surface area contributed by atoms with E-state index >= 15 is 8.78 Å². The number of likely N-dealkylation sites (tertiary alicyclic amines) is 1. The molecule has 4 N–H and O–H groups in total. The number of piperazine rings is 1. The molecule has 0 bridgehead atoms. The lowest BCUT2D eigenvalue weighted by atomic mass is 9.65. The minimum atomic E-state index is -0.974. The first kappa shape index (κ1) is 50.5. The Bertz CT molecular complexity index is 3100. The van der Waals surface area contributed by atoms with Gasteiger partial charge in [0.2, 0.25) is 5.91 Å². The van der Waals surface area contributed by atoms with E-state index in [2.05, 4.69) is 26.0 Å². The summed E-state index contributed by atoms with van der Waals surface area (Å²) < 4.78 is 44.2. The molecule has 4 aliphatic heterocycles. The summed E-state index contributed by atoms with van der Waals surface area (Å²) in [4.78, 5) is 62.9. The average molecular weight is 1030 g/mol. The van der Waals surface area contributed by atoms with Crippen molar-refractivity contribution >= 4 is 56.7 Å². The van der Waals surface area contributed by atoms with Crippen molar-refractivity contribution in [2.24, 2.45) is 16.7 Å². The van der Waals surface area contributed by atoms with Crippen LogP contribution in [-0.4, -0.2) is 144 Å². The number of terminal acetylenes is 1. The van der Waals surface area contributed by atoms with Crippen molar-refractivity contribution in [3.05, 3.63) is 71.4 Å². The third kappa shape index (κ3) is 10.3. The van der Waals surface area contributed by atoms with Crippen LogP contribution in [0.5, 0.6) is 11.8 Å². The first-order valence-electron chi connectivity index (χ1n) is 26.6. The van der Waals surface area contributed by atoms with Crippen molar-refractivity contribution in [1.29, 1.82) is 0 Å². The number of pyridine rings is 1. The SMILES string of the molecule is C#Cc1c(F)ccc2cc(N)cc(-c3ncc4c(N5CCC[C@@](C)(O)C5)nc(OCC5(CN6CCN(CC7CCC8(CC7)CCN(C(=O)c7ccc(OC)c(N9CCC(=O)NC9=O)c7)CC8)CC6)CC5)nc4c3F)c12. The molecule has 6 heterocycles. The van der Waals surface area contributed by atoms with Crippen LogP contribution in [0.2, 0.25) is 0 Å². The Hall–Kier alpha value is -6.68. The maximum Gasteiger partial charge on any atom is 0.328 e. The van der Waals surface area contributed by atoms with Gasteiger partial charge in [-0.05, 0) is 124 Å². The summed E-state index contributed by atoms with van der Waals surface area (Å²) in [6, 6.07) is 10.8. The summed E-state index contributed by atoms with van der Waals surface area (Å²) in [5.41, 5.74) is 7.01. The Balaban J connectivity index is 0.696. The van der Waals surface area contributed by atoms with E-state index in [-0.39, 0.29) is 70.5 Å². The number of carbonyl (C=O) groups is 3. The number of carbonyl (C=O) groups excluding carboxylic acids is 3. The highest BCUT2D eigenvalue weighted by Crippen LogP contribution is 2.49. The largest absolute Gasteiger partial charge is 0.495 e. The number of rotatable bonds is 12. The van der Waals surface area contributed by atoms with Gasteiger partial charge in [-0.25, -0.2) is 13.6 Å². The molecule has 3 aromatic carbocycles. The number of ether oxygens (including phenoxy) is 2. The minimum absolute atomic E-state index is 0.000370. The van der Waals surface area contributed by atoms with Gasteiger partial charge in [-0.2, -0.15) is 9.97 Å². The van der Waals surface area contributed by atoms with Gasteiger partial charge in [0, 0.05) is 112 Å². The number of fused-ring (bicyclic) bond motifs is 2. The van der Waals surface area contributed by atoms with E-state index in [1.807, 2.05) is 9.80 Å². The van der Waals surface area contributed by atoms with Crippen LogP contribution in [0.25, 0.3) is 32.9 Å². The molecule has 6 fully saturated rings. The third-order valence-corrected chi connectivity index (χ3v) is 17.2. The molecule has 1 spiro atoms. The third-order valence-electron chi connectivity index (χ3n) is 17.2. The first-order chi connectivity index (χ1) is 36.1. The summed E-state index contributed by atoms with van der Waals surface area (Å²) in [6.07, 6.45) is 17.6. The average Bonchev–Trinajstić information content (AvgIpc) is 4.18. The molecular weight excluding hydrogens is 959 g/mol. The Morgan fingerprint density at radius 1 is 0.933 bits per heavy atom. The molecule has 2 aliphatic carbocycles. The van der Waals surface area contributed by atoms with Gasteiger partial charge in [-0.3, -0.25) is 24.8 Å². The van der Waals surface area contributed by atoms with Gasteiger partial charge in [-0.1, -0.05) is 12.0 Å². The lowest BCUT2D eigenvalue weighted by molar-refractivity contribution is -0.120. The van der Waals surface area contributed by atoms with Gasteiger partial charge in [-0.15, -0.1) is 6.42 Å². The highest BCUT2D eigenvalue weighted by Gasteiger charge is 2.46. The number of benzene rings is 3. The maximum absolute atomic E-state index is 17.2. The van der Waals surface area contributed by atoms with Crippen LogP contribution in [0.15, 0.2) is 48.7 Å². The van der Waals surface area contributed by atoms with E-state index in [1.54, 1.807) is 43.3 Å². The fourth-order valence-corrected chi connectivity index (χ4v) is 12.6. The Morgan fingerprint density at radius 3 is 2.40 bits per heavy atom. The molecule has 1 atom stereocenters. The van der Waals surface area contributed by atoms with Crippen molar-refractivity contribution in [2.75, 3.05) is 101 Å². The first-order valence-corrected chi connectivity index (χ1v) is 26.6. The minimum Gasteiger partial charge on any atom is -0.495 e. The van der Waals surface area contributed by atoms with E-state index < -0.39 is 23.3 Å². The van der Waals surface area contributed by atoms with Crippen molar-refractivity contribution in [3.8, 4) is 35.4 Å². The van der Waals surface area contributed by atoms with E-state index in [1.165, 1.54) is 50.0 Å². The van der Waals surface area contributed by atoms with Crippen LogP contribution in [0.3, 0.4) is 0 Å². The Kier molecular flexibility index (Phi) is 13.5. The molecule has 4 amide bonds. The van der Waals surface area contributed by atoms with E-state index in [9.17, 15) is 19.5 Å². The number of methoxy groups -OCH3 is 1. The van der Waals surface area contributed by atoms with Crippen molar-refractivity contribution in [1.82, 2.24) is 35.0 Å². The number of aliphatic hydroxyl groups is 1. The quantitative estimate of drug-likeness (QED) is 0.0833. The monoisotopic (exact) mass is 1020 g/mol. The van der Waals surface area contributed by atoms with Gasteiger partial charge >= 0.3 is 12.0 Å². The number of urea groups is 1. The zero-order chi connectivity index (χ0) is 52.2. The number of aromatic nitrogens is 3. The highest BCUT2D eigenvalue weighted by molar-refractivity contribution is 6.07. The summed E-state index contributed by atoms with van der Waals surface area (Å²) in [7, 11) is 1.52. The molecule has 2 aromatic heterocycles. The van der Waals surface area contributed by atoms with Crippen LogP contribution in [-0.2, 0) is 4.79 Å². The zero-order valence-electron chi connectivity index (χ0n) is 42.9. The van der Waals surface area contributed by atoms with E-state index in [0.717, 1.165) is 65.0 Å². The summed E-state index contributed by atoms with van der Waals surface area (Å²) in [5, 5.41) is 14.7. The Morgan fingerprint density at radius 2 is 1.69 bits per heavy atom. The number of hydrogen-bond acceptors (Lipinski definition) is 13. The predicted molar refractivity (Wildman–Crippen MR) is 283 cm³/mol. The number of hydrogen-bond donors (Lipinski definition) is 3. The zero-order valence-corrected chi connectivity index (χ0v) is 42.9. The molecule has 16 nitrogen and oxygen atoms in total. The summed E-state index contributed by atoms with van der Waals surface area (Å²) in [6.45, 7) is 10.6. The lowest BCUT2D eigenvalue weighted by Gasteiger charge is -2.47. The maximum atomic E-state index is 17.2. The molecule has 75 heavy (non-hydrogen) atoms. The van der Waals surface area contributed by atoms with Crippen molar-refractivity contribution in [3.63, 3.8) is 0 Å². The fraction of sp³-hybridized carbons (Fsp3) is 0.509. The molecule has 6 aliphatic rings. The normalized spacial score (nSPS) is 22.4. The molecule has 394 valence electrons. The molecule has 18 heteroatoms. The molecule has 11 rings (SSSR count). The second-order valence-corrected chi connectivity index (χ2v) is 22.5. The topological polar surface area (TPSA) is 183 Å². The molecular formula is C57H66F2N10O6. The van der Waals surface area contributed by atoms with Crippen molar-refractivity contribution < 1.29 is 37.7 Å². The van der Waals surface area contributed by atoms with E-state index in [4.69, 9.17) is 31.6 Å². The standard InChI is InChI=1S/C57H66F2N10O6/c1-4-40-43(58)8-6-37-28-39(60)30-41(47(37)40)49-48(59)50-42(31-61-49)51(68-20-5-13-55(2,73)33-68)64-53(63-50)75-35-57(16-17-57)34-66-26-24-65(25-27-66)32-36-10-14-56(15-11-36)18-22-67(23-19-56)52(71)38-7-9-45(74-3)44(29-38)69-21-12-46(70)62-54(69)72/h1,6-9,28-31,36,73H,5,10-27,32-35,60H2,2-3H3,(H,62,70,72)/t55-/m1/s1. The molecule has 0 radical (unpaired) electrons. The second kappa shape index (κ2) is 20.1. The highest BCUT2D eigenvalue weighted by atomic mass is 19.1. The number of anilines is 3. The number of piperidine rings is 2. The van der Waals surface area contributed by atoms with E-state index in [0.29, 0.717) is 89.7 Å². The van der Waals surface area contributed by atoms with Crippen molar-refractivity contribution in [2.45, 2.75) is 83.2 Å². The van der Waals surface area contributed by atoms with Crippen LogP contribution in [0.1, 0.15) is 93.5 Å². The van der Waals surface area contributed by atoms with Crippen LogP contribution in [0, 0.1) is 40.7 Å². The number of nitrogens with two attached hydrogens (primary N) is 1. The number of amides is 4. The van der Waals surface area contributed by atoms with Crippen LogP contribution >= 0.6 is 0 Å². The number of nitrogens with zero attached hydrogens (tertiary/aromatic N) is 8. The number of imide groups is 1. The van der Waals surface area contributed by atoms with Gasteiger partial charge in [0.15, 0.2) is 5.82 Å². The molecule has 4 saturated heterocycles. The van der Waals surface area contributed by atoms with Gasteiger partial charge in [0.05, 0.1) is 36.0 Å². The number of nitrogen functional groups attached to an aromatic ring is 1. The van der Waals surface area contributed by atoms with Gasteiger partial charge in [0.1, 0.15) is 28.6 Å². The second-order valence-electron chi connectivity index (χ2n) is 22.5. The fourth-order valence-electron chi connectivity index (χ4n) is 12.6.